The lowest BCUT2D eigenvalue weighted by atomic mass is 9.80. The molecule has 3 aromatic carbocycles. The number of hydrogen-bond acceptors (Lipinski definition) is 7. The number of aliphatic hydroxyl groups excluding tert-OH is 1. The Hall–Kier alpha value is -5.13. The Morgan fingerprint density at radius 1 is 1.00 bits per heavy atom. The number of allylic oxidation sites excluding steroid dienone is 1. The Bertz CT molecular complexity index is 1790. The monoisotopic (exact) mass is 639 g/mol. The van der Waals surface area contributed by atoms with Crippen LogP contribution in [0.15, 0.2) is 95.5 Å². The maximum Gasteiger partial charge on any atom is 0.286 e. The number of carbonyl (C=O) groups excluding carboxylic acids is 2. The van der Waals surface area contributed by atoms with Crippen molar-refractivity contribution < 1.29 is 24.2 Å². The van der Waals surface area contributed by atoms with Gasteiger partial charge in [-0.15, -0.1) is 0 Å². The number of rotatable bonds is 12. The summed E-state index contributed by atoms with van der Waals surface area (Å²) in [6, 6.07) is 23.3. The molecule has 47 heavy (non-hydrogen) atoms. The van der Waals surface area contributed by atoms with Gasteiger partial charge in [0.05, 0.1) is 17.1 Å². The molecule has 5 N–H and O–H groups in total. The van der Waals surface area contributed by atoms with Crippen molar-refractivity contribution >= 4 is 23.2 Å². The molecule has 2 amide bonds. The molecule has 1 aliphatic heterocycles. The number of aliphatic hydroxyl groups is 1. The van der Waals surface area contributed by atoms with Gasteiger partial charge in [0, 0.05) is 55.5 Å². The second-order valence-electron chi connectivity index (χ2n) is 11.4. The van der Waals surface area contributed by atoms with E-state index in [0.29, 0.717) is 42.0 Å². The highest BCUT2D eigenvalue weighted by Gasteiger charge is 2.40. The number of ether oxygens (including phenoxy) is 2. The zero-order chi connectivity index (χ0) is 33.5. The summed E-state index contributed by atoms with van der Waals surface area (Å²) in [5.41, 5.74) is 9.98. The molecule has 5 rings (SSSR count). The largest absolute Gasteiger partial charge is 0.459 e. The highest BCUT2D eigenvalue weighted by atomic mass is 16.7. The van der Waals surface area contributed by atoms with Crippen molar-refractivity contribution in [3.63, 3.8) is 0 Å². The van der Waals surface area contributed by atoms with E-state index in [0.717, 1.165) is 16.9 Å². The average molecular weight is 640 g/mol. The van der Waals surface area contributed by atoms with Gasteiger partial charge in [-0.2, -0.15) is 0 Å². The first-order valence-corrected chi connectivity index (χ1v) is 15.7. The molecule has 246 valence electrons. The van der Waals surface area contributed by atoms with Gasteiger partial charge in [-0.1, -0.05) is 42.5 Å². The summed E-state index contributed by atoms with van der Waals surface area (Å²) in [6.07, 6.45) is 1.90. The van der Waals surface area contributed by atoms with Crippen LogP contribution in [0.1, 0.15) is 52.9 Å². The maximum absolute atomic E-state index is 14.0. The van der Waals surface area contributed by atoms with E-state index in [9.17, 15) is 19.5 Å². The number of benzene rings is 3. The number of aromatic nitrogens is 2. The fraction of sp³-hybridized carbons (Fsp3) is 0.306. The van der Waals surface area contributed by atoms with E-state index >= 15 is 0 Å². The zero-order valence-electron chi connectivity index (χ0n) is 26.8. The SMILES string of the molecule is CCO[C@@H]1OC(C(=O)NCc2ccc(C(=O)Nc3ccccc3N)cc2)=C[C@H](c2c(C)n(C)n(-c3ccccc3)c2=O)[C@H]1CCCO. The minimum Gasteiger partial charge on any atom is -0.459 e. The fourth-order valence-electron chi connectivity index (χ4n) is 5.92. The molecule has 0 saturated heterocycles. The topological polar surface area (TPSA) is 150 Å². The van der Waals surface area contributed by atoms with E-state index < -0.39 is 18.1 Å². The number of nitrogen functional groups attached to an aromatic ring is 1. The summed E-state index contributed by atoms with van der Waals surface area (Å²) in [7, 11) is 1.83. The second-order valence-corrected chi connectivity index (χ2v) is 11.4. The van der Waals surface area contributed by atoms with Crippen LogP contribution >= 0.6 is 0 Å². The molecule has 0 spiro atoms. The van der Waals surface area contributed by atoms with Gasteiger partial charge in [0.1, 0.15) is 0 Å². The lowest BCUT2D eigenvalue weighted by molar-refractivity contribution is -0.166. The lowest BCUT2D eigenvalue weighted by Gasteiger charge is -2.36. The predicted octanol–water partition coefficient (Wildman–Crippen LogP) is 4.38. The number of para-hydroxylation sites is 3. The van der Waals surface area contributed by atoms with Crippen LogP contribution in [-0.4, -0.2) is 45.8 Å². The van der Waals surface area contributed by atoms with Gasteiger partial charge in [0.15, 0.2) is 5.76 Å². The summed E-state index contributed by atoms with van der Waals surface area (Å²) in [4.78, 5) is 40.3. The zero-order valence-corrected chi connectivity index (χ0v) is 26.8. The smallest absolute Gasteiger partial charge is 0.286 e. The van der Waals surface area contributed by atoms with Crippen molar-refractivity contribution in [2.45, 2.75) is 45.4 Å². The number of hydrogen-bond donors (Lipinski definition) is 4. The van der Waals surface area contributed by atoms with Crippen LogP contribution < -0.4 is 21.9 Å². The third-order valence-electron chi connectivity index (χ3n) is 8.45. The minimum absolute atomic E-state index is 0.0259. The van der Waals surface area contributed by atoms with Crippen LogP contribution in [0.5, 0.6) is 0 Å². The number of nitrogens with one attached hydrogen (secondary N) is 2. The van der Waals surface area contributed by atoms with Crippen molar-refractivity contribution in [2.75, 3.05) is 24.3 Å². The van der Waals surface area contributed by atoms with Crippen molar-refractivity contribution in [3.05, 3.63) is 123 Å². The van der Waals surface area contributed by atoms with Gasteiger partial charge in [-0.3, -0.25) is 19.1 Å². The van der Waals surface area contributed by atoms with E-state index in [-0.39, 0.29) is 36.3 Å². The highest BCUT2D eigenvalue weighted by molar-refractivity contribution is 6.05. The Kier molecular flexibility index (Phi) is 10.6. The molecule has 0 fully saturated rings. The minimum atomic E-state index is -0.803. The van der Waals surface area contributed by atoms with Crippen LogP contribution in [0, 0.1) is 12.8 Å². The van der Waals surface area contributed by atoms with Crippen molar-refractivity contribution in [1.82, 2.24) is 14.7 Å². The predicted molar refractivity (Wildman–Crippen MR) is 180 cm³/mol. The van der Waals surface area contributed by atoms with Gasteiger partial charge in [0.2, 0.25) is 6.29 Å². The lowest BCUT2D eigenvalue weighted by Crippen LogP contribution is -2.40. The van der Waals surface area contributed by atoms with Crippen LogP contribution in [0.4, 0.5) is 11.4 Å². The van der Waals surface area contributed by atoms with Gasteiger partial charge in [-0.05, 0) is 74.7 Å². The third kappa shape index (κ3) is 7.32. The molecular weight excluding hydrogens is 598 g/mol. The molecule has 1 aliphatic rings. The van der Waals surface area contributed by atoms with Crippen molar-refractivity contribution in [1.29, 1.82) is 0 Å². The van der Waals surface area contributed by atoms with Gasteiger partial charge < -0.3 is 30.9 Å². The number of nitrogens with zero attached hydrogens (tertiary/aromatic N) is 2. The molecule has 0 bridgehead atoms. The van der Waals surface area contributed by atoms with Crippen LogP contribution in [0.2, 0.25) is 0 Å². The van der Waals surface area contributed by atoms with Crippen LogP contribution in [-0.2, 0) is 27.9 Å². The molecule has 3 atom stereocenters. The van der Waals surface area contributed by atoms with E-state index in [4.69, 9.17) is 15.2 Å². The molecule has 11 nitrogen and oxygen atoms in total. The molecule has 0 unspecified atom stereocenters. The number of anilines is 2. The van der Waals surface area contributed by atoms with Gasteiger partial charge >= 0.3 is 0 Å². The first-order chi connectivity index (χ1) is 22.7. The fourth-order valence-corrected chi connectivity index (χ4v) is 5.92. The van der Waals surface area contributed by atoms with Gasteiger partial charge in [0.25, 0.3) is 17.4 Å². The highest BCUT2D eigenvalue weighted by Crippen LogP contribution is 2.39. The summed E-state index contributed by atoms with van der Waals surface area (Å²) in [5.74, 6) is -1.53. The van der Waals surface area contributed by atoms with Crippen molar-refractivity contribution in [3.8, 4) is 5.69 Å². The van der Waals surface area contributed by atoms with Crippen LogP contribution in [0.3, 0.4) is 0 Å². The quantitative estimate of drug-likeness (QED) is 0.168. The standard InChI is InChI=1S/C36H41N5O6/c1-4-46-36-27(13-10-20-42)28(32-23(2)40(3)41(35(32)45)26-11-6-5-7-12-26)21-31(47-36)34(44)38-22-24-16-18-25(19-17-24)33(43)39-30-15-9-8-14-29(30)37/h5-9,11-12,14-19,21,27-28,36,42H,4,10,13,20,22,37H2,1-3H3,(H,38,44)(H,39,43)/t27-,28+,36-/m1/s1. The number of carbonyl (C=O) groups is 2. The van der Waals surface area contributed by atoms with Crippen LogP contribution in [0.25, 0.3) is 5.69 Å². The molecule has 0 radical (unpaired) electrons. The average Bonchev–Trinajstić information content (AvgIpc) is 3.30. The Labute approximate surface area is 273 Å². The van der Waals surface area contributed by atoms with Gasteiger partial charge in [-0.25, -0.2) is 4.68 Å². The second kappa shape index (κ2) is 15.0. The van der Waals surface area contributed by atoms with E-state index in [1.807, 2.05) is 55.9 Å². The first kappa shape index (κ1) is 33.2. The summed E-state index contributed by atoms with van der Waals surface area (Å²) < 4.78 is 15.5. The first-order valence-electron chi connectivity index (χ1n) is 15.7. The molecule has 2 heterocycles. The van der Waals surface area contributed by atoms with E-state index in [1.54, 1.807) is 59.3 Å². The van der Waals surface area contributed by atoms with E-state index in [2.05, 4.69) is 10.6 Å². The molecular formula is C36H41N5O6. The summed E-state index contributed by atoms with van der Waals surface area (Å²) in [5, 5.41) is 15.4. The summed E-state index contributed by atoms with van der Waals surface area (Å²) >= 11 is 0. The number of amides is 2. The molecule has 11 heteroatoms. The molecule has 1 aromatic heterocycles. The Morgan fingerprint density at radius 2 is 1.70 bits per heavy atom. The van der Waals surface area contributed by atoms with E-state index in [1.165, 1.54) is 0 Å². The third-order valence-corrected chi connectivity index (χ3v) is 8.45. The Balaban J connectivity index is 1.38. The Morgan fingerprint density at radius 3 is 2.38 bits per heavy atom. The normalized spacial score (nSPS) is 17.4. The summed E-state index contributed by atoms with van der Waals surface area (Å²) in [6.45, 7) is 4.21. The van der Waals surface area contributed by atoms with Crippen molar-refractivity contribution in [2.24, 2.45) is 13.0 Å². The number of nitrogens with two attached hydrogens (primary N) is 1. The maximum atomic E-state index is 14.0. The molecule has 0 aliphatic carbocycles. The molecule has 0 saturated carbocycles. The molecule has 4 aromatic rings.